The van der Waals surface area contributed by atoms with Gasteiger partial charge in [0.25, 0.3) is 0 Å². The molecule has 5 nitrogen and oxygen atoms in total. The van der Waals surface area contributed by atoms with Crippen molar-refractivity contribution in [2.75, 3.05) is 0 Å². The predicted molar refractivity (Wildman–Crippen MR) is 130 cm³/mol. The second kappa shape index (κ2) is 9.14. The maximum Gasteiger partial charge on any atom is 0.163 e. The molecule has 0 amide bonds. The third-order valence-corrected chi connectivity index (χ3v) is 10.7. The zero-order chi connectivity index (χ0) is 24.0. The number of aromatic nitrogens is 2. The van der Waals surface area contributed by atoms with Gasteiger partial charge in [-0.25, -0.2) is 4.68 Å². The number of rotatable bonds is 7. The molecule has 8 atom stereocenters. The number of carbonyl (C=O) groups excluding carboxylic acids is 1. The maximum absolute atomic E-state index is 13.8. The van der Waals surface area contributed by atoms with E-state index in [0.717, 1.165) is 36.0 Å². The molecule has 1 heterocycles. The first-order chi connectivity index (χ1) is 16.4. The second-order valence-corrected chi connectivity index (χ2v) is 12.1. The Bertz CT molecular complexity index is 1010. The monoisotopic (exact) mass is 460 g/mol. The zero-order valence-electron chi connectivity index (χ0n) is 21.2. The summed E-state index contributed by atoms with van der Waals surface area (Å²) in [6.07, 6.45) is 12.9. The average molecular weight is 461 g/mol. The van der Waals surface area contributed by atoms with Crippen LogP contribution in [0.2, 0.25) is 0 Å². The summed E-state index contributed by atoms with van der Waals surface area (Å²) in [5, 5.41) is 22.9. The topological polar surface area (TPSA) is 82.5 Å². The van der Waals surface area contributed by atoms with Crippen LogP contribution in [-0.4, -0.2) is 15.6 Å². The molecule has 1 aromatic heterocycles. The van der Waals surface area contributed by atoms with Crippen LogP contribution < -0.4 is 0 Å². The molecule has 1 aromatic rings. The van der Waals surface area contributed by atoms with Crippen LogP contribution in [-0.2, 0) is 11.3 Å². The third-order valence-electron chi connectivity index (χ3n) is 10.7. The first kappa shape index (κ1) is 23.6. The van der Waals surface area contributed by atoms with Crippen LogP contribution in [0, 0.1) is 75.4 Å². The molecule has 5 rings (SSSR count). The first-order valence-corrected chi connectivity index (χ1v) is 13.9. The van der Waals surface area contributed by atoms with Gasteiger partial charge >= 0.3 is 0 Å². The van der Waals surface area contributed by atoms with Crippen LogP contribution in [0.5, 0.6) is 0 Å². The highest BCUT2D eigenvalue weighted by molar-refractivity contribution is 5.82. The standard InChI is InChI=1S/C29H40N4O/c1-4-6-22-18(5-2)9-10-24-23(22)11-12-29(3)26(14-25(28(24)29)19-7-8-19)27(34)17-33-21(16-31)13-20(15-30)32-33/h13,18-19,22-26,28H,4-12,14,17H2,1-3H3. The Morgan fingerprint density at radius 2 is 1.91 bits per heavy atom. The minimum absolute atomic E-state index is 0.0545. The van der Waals surface area contributed by atoms with E-state index in [4.69, 9.17) is 0 Å². The Kier molecular flexibility index (Phi) is 6.34. The summed E-state index contributed by atoms with van der Waals surface area (Å²) in [6, 6.07) is 5.61. The lowest BCUT2D eigenvalue weighted by molar-refractivity contribution is -0.131. The zero-order valence-corrected chi connectivity index (χ0v) is 21.2. The second-order valence-electron chi connectivity index (χ2n) is 12.1. The van der Waals surface area contributed by atoms with Gasteiger partial charge in [-0.3, -0.25) is 4.79 Å². The van der Waals surface area contributed by atoms with Crippen LogP contribution in [0.25, 0.3) is 0 Å². The lowest BCUT2D eigenvalue weighted by atomic mass is 9.49. The number of nitrogens with zero attached hydrogens (tertiary/aromatic N) is 4. The lowest BCUT2D eigenvalue weighted by Gasteiger charge is -2.55. The lowest BCUT2D eigenvalue weighted by Crippen LogP contribution is -2.50. The molecular weight excluding hydrogens is 420 g/mol. The van der Waals surface area contributed by atoms with Crippen molar-refractivity contribution in [1.82, 2.24) is 9.78 Å². The van der Waals surface area contributed by atoms with Gasteiger partial charge in [0.05, 0.1) is 0 Å². The van der Waals surface area contributed by atoms with Gasteiger partial charge in [-0.05, 0) is 91.8 Å². The molecule has 0 radical (unpaired) electrons. The number of hydrogen-bond acceptors (Lipinski definition) is 4. The molecule has 182 valence electrons. The number of fused-ring (bicyclic) bond motifs is 3. The van der Waals surface area contributed by atoms with Crippen molar-refractivity contribution in [3.05, 3.63) is 17.5 Å². The molecule has 0 aromatic carbocycles. The molecule has 0 N–H and O–H groups in total. The van der Waals surface area contributed by atoms with Crippen molar-refractivity contribution < 1.29 is 4.79 Å². The van der Waals surface area contributed by atoms with Crippen molar-refractivity contribution in [2.24, 2.45) is 52.8 Å². The van der Waals surface area contributed by atoms with E-state index < -0.39 is 0 Å². The predicted octanol–water partition coefficient (Wildman–Crippen LogP) is 6.13. The Morgan fingerprint density at radius 3 is 2.56 bits per heavy atom. The Labute approximate surface area is 204 Å². The van der Waals surface area contributed by atoms with Gasteiger partial charge in [-0.2, -0.15) is 15.6 Å². The van der Waals surface area contributed by atoms with E-state index >= 15 is 0 Å². The van der Waals surface area contributed by atoms with E-state index in [0.29, 0.717) is 17.5 Å². The molecule has 4 saturated carbocycles. The van der Waals surface area contributed by atoms with Crippen LogP contribution in [0.1, 0.15) is 96.4 Å². The SMILES string of the molecule is CCCC1C(CC)CCC2C1CCC1(C)C(C(=O)Cn3nc(C#N)cc3C#N)CC(C3CC3)C21. The van der Waals surface area contributed by atoms with Crippen molar-refractivity contribution >= 4 is 5.78 Å². The fourth-order valence-electron chi connectivity index (χ4n) is 9.15. The number of ketones is 1. The summed E-state index contributed by atoms with van der Waals surface area (Å²) < 4.78 is 1.47. The van der Waals surface area contributed by atoms with Crippen molar-refractivity contribution in [2.45, 2.75) is 91.5 Å². The smallest absolute Gasteiger partial charge is 0.163 e. The quantitative estimate of drug-likeness (QED) is 0.490. The van der Waals surface area contributed by atoms with Crippen LogP contribution >= 0.6 is 0 Å². The first-order valence-electron chi connectivity index (χ1n) is 13.9. The highest BCUT2D eigenvalue weighted by Gasteiger charge is 2.63. The molecule has 4 aliphatic carbocycles. The fraction of sp³-hybridized carbons (Fsp3) is 0.793. The third kappa shape index (κ3) is 3.80. The molecule has 4 fully saturated rings. The van der Waals surface area contributed by atoms with E-state index in [1.807, 2.05) is 6.07 Å². The number of carbonyl (C=O) groups is 1. The summed E-state index contributed by atoms with van der Waals surface area (Å²) in [6.45, 7) is 7.30. The van der Waals surface area contributed by atoms with Crippen LogP contribution in [0.4, 0.5) is 0 Å². The summed E-state index contributed by atoms with van der Waals surface area (Å²) in [5.41, 5.74) is 0.595. The Balaban J connectivity index is 1.43. The van der Waals surface area contributed by atoms with Gasteiger partial charge in [0.2, 0.25) is 0 Å². The van der Waals surface area contributed by atoms with E-state index in [1.54, 1.807) is 0 Å². The molecule has 34 heavy (non-hydrogen) atoms. The number of nitriles is 2. The largest absolute Gasteiger partial charge is 0.297 e. The maximum atomic E-state index is 13.8. The van der Waals surface area contributed by atoms with E-state index in [9.17, 15) is 15.3 Å². The fourth-order valence-corrected chi connectivity index (χ4v) is 9.15. The Hall–Kier alpha value is -2.14. The number of hydrogen-bond donors (Lipinski definition) is 0. The van der Waals surface area contributed by atoms with Gasteiger partial charge < -0.3 is 0 Å². The van der Waals surface area contributed by atoms with Gasteiger partial charge in [0.15, 0.2) is 11.5 Å². The van der Waals surface area contributed by atoms with Gasteiger partial charge in [-0.15, -0.1) is 0 Å². The summed E-state index contributed by atoms with van der Waals surface area (Å²) >= 11 is 0. The molecule has 4 aliphatic rings. The summed E-state index contributed by atoms with van der Waals surface area (Å²) in [4.78, 5) is 13.8. The van der Waals surface area contributed by atoms with Crippen molar-refractivity contribution in [3.8, 4) is 12.1 Å². The minimum atomic E-state index is 0.0545. The summed E-state index contributed by atoms with van der Waals surface area (Å²) in [7, 11) is 0. The summed E-state index contributed by atoms with van der Waals surface area (Å²) in [5.74, 6) is 5.86. The van der Waals surface area contributed by atoms with Gasteiger partial charge in [0.1, 0.15) is 24.4 Å². The van der Waals surface area contributed by atoms with E-state index in [1.165, 1.54) is 68.5 Å². The van der Waals surface area contributed by atoms with Crippen LogP contribution in [0.3, 0.4) is 0 Å². The normalized spacial score (nSPS) is 39.0. The molecular formula is C29H40N4O. The van der Waals surface area contributed by atoms with Crippen LogP contribution in [0.15, 0.2) is 6.07 Å². The Morgan fingerprint density at radius 1 is 1.12 bits per heavy atom. The molecule has 0 bridgehead atoms. The minimum Gasteiger partial charge on any atom is -0.297 e. The van der Waals surface area contributed by atoms with E-state index in [-0.39, 0.29) is 29.4 Å². The molecule has 0 spiro atoms. The molecule has 5 heteroatoms. The number of Topliss-reactive ketones (excluding diaryl/α,β-unsaturated/α-hetero) is 1. The van der Waals surface area contributed by atoms with Gasteiger partial charge in [0, 0.05) is 12.0 Å². The van der Waals surface area contributed by atoms with Crippen molar-refractivity contribution in [1.29, 1.82) is 10.5 Å². The van der Waals surface area contributed by atoms with E-state index in [2.05, 4.69) is 31.9 Å². The highest BCUT2D eigenvalue weighted by Crippen LogP contribution is 2.68. The van der Waals surface area contributed by atoms with Crippen molar-refractivity contribution in [3.63, 3.8) is 0 Å². The van der Waals surface area contributed by atoms with Gasteiger partial charge in [-0.1, -0.05) is 40.0 Å². The molecule has 8 unspecified atom stereocenters. The molecule has 0 aliphatic heterocycles. The highest BCUT2D eigenvalue weighted by atomic mass is 16.1. The molecule has 0 saturated heterocycles. The average Bonchev–Trinajstić information content (AvgIpc) is 3.52.